The van der Waals surface area contributed by atoms with Gasteiger partial charge in [0.1, 0.15) is 5.69 Å². The minimum Gasteiger partial charge on any atom is -0.454 e. The molecule has 2 aromatic carbocycles. The molecule has 27 heavy (non-hydrogen) atoms. The van der Waals surface area contributed by atoms with Gasteiger partial charge in [-0.25, -0.2) is 4.79 Å². The van der Waals surface area contributed by atoms with Gasteiger partial charge in [-0.3, -0.25) is 4.79 Å². The van der Waals surface area contributed by atoms with Gasteiger partial charge in [0, 0.05) is 17.4 Å². The molecule has 0 spiro atoms. The van der Waals surface area contributed by atoms with Gasteiger partial charge in [-0.2, -0.15) is 0 Å². The quantitative estimate of drug-likeness (QED) is 0.678. The predicted molar refractivity (Wildman–Crippen MR) is 97.6 cm³/mol. The molecule has 2 N–H and O–H groups in total. The topological polar surface area (TPSA) is 89.7 Å². The molecule has 0 bridgehead atoms. The van der Waals surface area contributed by atoms with Crippen molar-refractivity contribution in [1.29, 1.82) is 0 Å². The summed E-state index contributed by atoms with van der Waals surface area (Å²) in [6.07, 6.45) is -0.919. The van der Waals surface area contributed by atoms with Gasteiger partial charge in [-0.05, 0) is 36.8 Å². The maximum absolute atomic E-state index is 12.3. The molecule has 0 fully saturated rings. The molecule has 0 radical (unpaired) electrons. The Balaban J connectivity index is 1.34. The van der Waals surface area contributed by atoms with Gasteiger partial charge < -0.3 is 24.5 Å². The summed E-state index contributed by atoms with van der Waals surface area (Å²) in [5.74, 6) is 0.389. The van der Waals surface area contributed by atoms with Gasteiger partial charge in [0.25, 0.3) is 5.91 Å². The number of carbonyl (C=O) groups excluding carboxylic acids is 2. The number of hydrogen-bond donors (Lipinski definition) is 2. The summed E-state index contributed by atoms with van der Waals surface area (Å²) >= 11 is 0. The molecule has 1 amide bonds. The smallest absolute Gasteiger partial charge is 0.355 e. The van der Waals surface area contributed by atoms with E-state index in [2.05, 4.69) is 10.3 Å². The second kappa shape index (κ2) is 7.03. The van der Waals surface area contributed by atoms with E-state index < -0.39 is 12.1 Å². The largest absolute Gasteiger partial charge is 0.454 e. The number of carbonyl (C=O) groups is 2. The molecular weight excluding hydrogens is 348 g/mol. The first kappa shape index (κ1) is 17.0. The highest BCUT2D eigenvalue weighted by atomic mass is 16.7. The van der Waals surface area contributed by atoms with Crippen LogP contribution in [0.15, 0.2) is 48.5 Å². The number of amides is 1. The van der Waals surface area contributed by atoms with Crippen LogP contribution in [0.5, 0.6) is 11.5 Å². The zero-order valence-corrected chi connectivity index (χ0v) is 14.7. The van der Waals surface area contributed by atoms with E-state index in [1.54, 1.807) is 12.1 Å². The number of nitrogens with one attached hydrogen (secondary N) is 2. The number of hydrogen-bond acceptors (Lipinski definition) is 5. The predicted octanol–water partition coefficient (Wildman–Crippen LogP) is 2.76. The standard InChI is InChI=1S/C20H18N2O5/c1-12(27-20(24)16-9-14-4-2-3-5-15(14)22-16)19(23)21-10-13-6-7-17-18(8-13)26-11-25-17/h2-9,12,22H,10-11H2,1H3,(H,21,23). The molecule has 0 saturated carbocycles. The fourth-order valence-electron chi connectivity index (χ4n) is 2.84. The number of aromatic amines is 1. The second-order valence-corrected chi connectivity index (χ2v) is 6.22. The van der Waals surface area contributed by atoms with Crippen molar-refractivity contribution in [3.8, 4) is 11.5 Å². The monoisotopic (exact) mass is 366 g/mol. The number of ether oxygens (including phenoxy) is 3. The van der Waals surface area contributed by atoms with Crippen LogP contribution >= 0.6 is 0 Å². The summed E-state index contributed by atoms with van der Waals surface area (Å²) in [5, 5.41) is 3.66. The van der Waals surface area contributed by atoms with Gasteiger partial charge in [0.2, 0.25) is 6.79 Å². The minimum atomic E-state index is -0.919. The van der Waals surface area contributed by atoms with E-state index in [1.807, 2.05) is 36.4 Å². The van der Waals surface area contributed by atoms with Crippen LogP contribution in [0.1, 0.15) is 23.0 Å². The Bertz CT molecular complexity index is 978. The molecule has 1 atom stereocenters. The Labute approximate surface area is 155 Å². The highest BCUT2D eigenvalue weighted by molar-refractivity contribution is 5.96. The van der Waals surface area contributed by atoms with Crippen LogP contribution in [-0.2, 0) is 16.1 Å². The lowest BCUT2D eigenvalue weighted by Crippen LogP contribution is -2.35. The van der Waals surface area contributed by atoms with E-state index in [9.17, 15) is 9.59 Å². The number of para-hydroxylation sites is 1. The van der Waals surface area contributed by atoms with Crippen LogP contribution in [0.3, 0.4) is 0 Å². The lowest BCUT2D eigenvalue weighted by atomic mass is 10.2. The number of fused-ring (bicyclic) bond motifs is 2. The SMILES string of the molecule is CC(OC(=O)c1cc2ccccc2[nH]1)C(=O)NCc1ccc2c(c1)OCO2. The van der Waals surface area contributed by atoms with Crippen molar-refractivity contribution in [1.82, 2.24) is 10.3 Å². The number of aromatic nitrogens is 1. The molecule has 1 aliphatic heterocycles. The second-order valence-electron chi connectivity index (χ2n) is 6.22. The molecule has 3 aromatic rings. The number of esters is 1. The van der Waals surface area contributed by atoms with Crippen LogP contribution < -0.4 is 14.8 Å². The molecule has 7 heteroatoms. The van der Waals surface area contributed by atoms with Gasteiger partial charge in [0.15, 0.2) is 17.6 Å². The van der Waals surface area contributed by atoms with Crippen LogP contribution in [0.4, 0.5) is 0 Å². The van der Waals surface area contributed by atoms with Gasteiger partial charge in [0.05, 0.1) is 0 Å². The molecule has 0 saturated heterocycles. The lowest BCUT2D eigenvalue weighted by molar-refractivity contribution is -0.129. The number of benzene rings is 2. The highest BCUT2D eigenvalue weighted by Crippen LogP contribution is 2.32. The fraction of sp³-hybridized carbons (Fsp3) is 0.200. The average Bonchev–Trinajstić information content (AvgIpc) is 3.31. The summed E-state index contributed by atoms with van der Waals surface area (Å²) in [6.45, 7) is 2.03. The fourth-order valence-corrected chi connectivity index (χ4v) is 2.84. The Kier molecular flexibility index (Phi) is 4.42. The zero-order valence-electron chi connectivity index (χ0n) is 14.7. The van der Waals surface area contributed by atoms with Crippen molar-refractivity contribution in [2.24, 2.45) is 0 Å². The third-order valence-electron chi connectivity index (χ3n) is 4.31. The molecule has 2 heterocycles. The Morgan fingerprint density at radius 2 is 1.96 bits per heavy atom. The van der Waals surface area contributed by atoms with Crippen LogP contribution in [0.2, 0.25) is 0 Å². The third-order valence-corrected chi connectivity index (χ3v) is 4.31. The molecule has 0 aliphatic carbocycles. The highest BCUT2D eigenvalue weighted by Gasteiger charge is 2.20. The summed E-state index contributed by atoms with van der Waals surface area (Å²) < 4.78 is 15.8. The summed E-state index contributed by atoms with van der Waals surface area (Å²) in [5.41, 5.74) is 2.01. The molecule has 138 valence electrons. The van der Waals surface area contributed by atoms with Crippen molar-refractivity contribution >= 4 is 22.8 Å². The third kappa shape index (κ3) is 3.57. The van der Waals surface area contributed by atoms with Crippen molar-refractivity contribution in [3.63, 3.8) is 0 Å². The van der Waals surface area contributed by atoms with Crippen LogP contribution in [0.25, 0.3) is 10.9 Å². The molecule has 7 nitrogen and oxygen atoms in total. The lowest BCUT2D eigenvalue weighted by Gasteiger charge is -2.13. The van der Waals surface area contributed by atoms with E-state index >= 15 is 0 Å². The first-order valence-electron chi connectivity index (χ1n) is 8.55. The zero-order chi connectivity index (χ0) is 18.8. The molecule has 4 rings (SSSR count). The van der Waals surface area contributed by atoms with E-state index in [-0.39, 0.29) is 12.7 Å². The first-order chi connectivity index (χ1) is 13.1. The number of H-pyrrole nitrogens is 1. The van der Waals surface area contributed by atoms with E-state index in [1.165, 1.54) is 6.92 Å². The van der Waals surface area contributed by atoms with Gasteiger partial charge in [-0.1, -0.05) is 24.3 Å². The summed E-state index contributed by atoms with van der Waals surface area (Å²) in [7, 11) is 0. The van der Waals surface area contributed by atoms with E-state index in [4.69, 9.17) is 14.2 Å². The van der Waals surface area contributed by atoms with Crippen molar-refractivity contribution in [2.75, 3.05) is 6.79 Å². The Morgan fingerprint density at radius 1 is 1.15 bits per heavy atom. The summed E-state index contributed by atoms with van der Waals surface area (Å²) in [6, 6.07) is 14.7. The first-order valence-corrected chi connectivity index (χ1v) is 8.55. The van der Waals surface area contributed by atoms with E-state index in [0.717, 1.165) is 16.5 Å². The van der Waals surface area contributed by atoms with Gasteiger partial charge >= 0.3 is 5.97 Å². The number of rotatable bonds is 5. The Hall–Kier alpha value is -3.48. The molecular formula is C20H18N2O5. The Morgan fingerprint density at radius 3 is 2.81 bits per heavy atom. The maximum Gasteiger partial charge on any atom is 0.355 e. The van der Waals surface area contributed by atoms with Gasteiger partial charge in [-0.15, -0.1) is 0 Å². The van der Waals surface area contributed by atoms with Crippen molar-refractivity contribution in [3.05, 3.63) is 59.8 Å². The maximum atomic E-state index is 12.3. The van der Waals surface area contributed by atoms with E-state index in [0.29, 0.717) is 23.7 Å². The molecule has 1 aliphatic rings. The molecule has 1 aromatic heterocycles. The van der Waals surface area contributed by atoms with Crippen molar-refractivity contribution in [2.45, 2.75) is 19.6 Å². The average molecular weight is 366 g/mol. The van der Waals surface area contributed by atoms with Crippen molar-refractivity contribution < 1.29 is 23.8 Å². The van der Waals surface area contributed by atoms with Crippen LogP contribution in [-0.4, -0.2) is 29.8 Å². The van der Waals surface area contributed by atoms with Crippen LogP contribution in [0, 0.1) is 0 Å². The molecule has 1 unspecified atom stereocenters. The normalized spacial score (nSPS) is 13.4. The minimum absolute atomic E-state index is 0.200. The summed E-state index contributed by atoms with van der Waals surface area (Å²) in [4.78, 5) is 27.5.